The monoisotopic (exact) mass is 188 g/mol. The van der Waals surface area contributed by atoms with Gasteiger partial charge in [0.15, 0.2) is 0 Å². The Morgan fingerprint density at radius 2 is 2.17 bits per heavy atom. The maximum Gasteiger partial charge on any atom is 0.124 e. The predicted octanol–water partition coefficient (Wildman–Crippen LogP) is 2.57. The number of halogens is 2. The molecular formula is C9H10ClFO. The van der Waals surface area contributed by atoms with E-state index in [4.69, 9.17) is 16.7 Å². The highest BCUT2D eigenvalue weighted by Crippen LogP contribution is 2.20. The molecule has 1 N–H and O–H groups in total. The molecule has 3 heteroatoms. The van der Waals surface area contributed by atoms with Crippen LogP contribution >= 0.6 is 11.6 Å². The Labute approximate surface area is 75.8 Å². The first kappa shape index (κ1) is 9.49. The third-order valence-electron chi connectivity index (χ3n) is 1.73. The zero-order valence-electron chi connectivity index (χ0n) is 6.72. The molecule has 0 unspecified atom stereocenters. The minimum Gasteiger partial charge on any atom is -0.396 e. The molecule has 1 atom stereocenters. The van der Waals surface area contributed by atoms with Gasteiger partial charge in [-0.3, -0.25) is 0 Å². The summed E-state index contributed by atoms with van der Waals surface area (Å²) in [5.74, 6) is -0.434. The van der Waals surface area contributed by atoms with E-state index in [1.165, 1.54) is 12.1 Å². The maximum atomic E-state index is 12.8. The molecule has 0 fully saturated rings. The van der Waals surface area contributed by atoms with Crippen molar-refractivity contribution < 1.29 is 9.50 Å². The van der Waals surface area contributed by atoms with Gasteiger partial charge < -0.3 is 5.11 Å². The summed E-state index contributed by atoms with van der Waals surface area (Å²) < 4.78 is 12.8. The highest BCUT2D eigenvalue weighted by molar-refractivity contribution is 6.30. The van der Waals surface area contributed by atoms with Crippen molar-refractivity contribution in [3.63, 3.8) is 0 Å². The van der Waals surface area contributed by atoms with Crippen LogP contribution in [-0.4, -0.2) is 11.7 Å². The topological polar surface area (TPSA) is 20.2 Å². The van der Waals surface area contributed by atoms with Crippen LogP contribution in [0.2, 0.25) is 5.02 Å². The lowest BCUT2D eigenvalue weighted by molar-refractivity contribution is 0.273. The molecule has 1 aromatic rings. The van der Waals surface area contributed by atoms with Gasteiger partial charge in [-0.2, -0.15) is 0 Å². The van der Waals surface area contributed by atoms with Crippen molar-refractivity contribution in [1.29, 1.82) is 0 Å². The number of benzene rings is 1. The first-order chi connectivity index (χ1) is 5.63. The summed E-state index contributed by atoms with van der Waals surface area (Å²) in [7, 11) is 0. The summed E-state index contributed by atoms with van der Waals surface area (Å²) in [5, 5.41) is 9.17. The van der Waals surface area contributed by atoms with Gasteiger partial charge in [-0.25, -0.2) is 4.39 Å². The zero-order chi connectivity index (χ0) is 9.14. The van der Waals surface area contributed by atoms with Crippen LogP contribution in [0.15, 0.2) is 18.2 Å². The van der Waals surface area contributed by atoms with E-state index in [2.05, 4.69) is 0 Å². The normalized spacial score (nSPS) is 13.0. The molecule has 66 valence electrons. The number of hydrogen-bond donors (Lipinski definition) is 1. The van der Waals surface area contributed by atoms with Gasteiger partial charge in [0, 0.05) is 17.5 Å². The molecule has 0 amide bonds. The smallest absolute Gasteiger partial charge is 0.124 e. The van der Waals surface area contributed by atoms with Crippen molar-refractivity contribution in [3.05, 3.63) is 34.6 Å². The predicted molar refractivity (Wildman–Crippen MR) is 46.9 cm³/mol. The minimum atomic E-state index is -0.363. The van der Waals surface area contributed by atoms with Gasteiger partial charge >= 0.3 is 0 Å². The molecule has 0 spiro atoms. The Morgan fingerprint density at radius 3 is 2.67 bits per heavy atom. The van der Waals surface area contributed by atoms with Crippen molar-refractivity contribution in [3.8, 4) is 0 Å². The van der Waals surface area contributed by atoms with Crippen LogP contribution in [-0.2, 0) is 0 Å². The minimum absolute atomic E-state index is 0.000216. The molecule has 0 aliphatic heterocycles. The fourth-order valence-electron chi connectivity index (χ4n) is 0.965. The SMILES string of the molecule is C[C@H](CO)c1cc(F)cc(Cl)c1. The number of aliphatic hydroxyl groups is 1. The lowest BCUT2D eigenvalue weighted by Gasteiger charge is -2.08. The molecule has 0 saturated heterocycles. The zero-order valence-corrected chi connectivity index (χ0v) is 7.48. The fraction of sp³-hybridized carbons (Fsp3) is 0.333. The molecule has 0 radical (unpaired) electrons. The van der Waals surface area contributed by atoms with Crippen LogP contribution in [0.25, 0.3) is 0 Å². The molecule has 0 saturated carbocycles. The summed E-state index contributed by atoms with van der Waals surface area (Å²) in [5.41, 5.74) is 0.725. The Morgan fingerprint density at radius 1 is 1.50 bits per heavy atom. The van der Waals surface area contributed by atoms with Gasteiger partial charge in [0.1, 0.15) is 5.82 Å². The van der Waals surface area contributed by atoms with Gasteiger partial charge in [0.05, 0.1) is 0 Å². The van der Waals surface area contributed by atoms with Gasteiger partial charge in [0.2, 0.25) is 0 Å². The molecule has 0 aliphatic rings. The molecular weight excluding hydrogens is 179 g/mol. The average Bonchev–Trinajstić information content (AvgIpc) is 2.01. The molecule has 1 rings (SSSR count). The molecule has 12 heavy (non-hydrogen) atoms. The van der Waals surface area contributed by atoms with Gasteiger partial charge in [-0.05, 0) is 23.8 Å². The largest absolute Gasteiger partial charge is 0.396 e. The highest BCUT2D eigenvalue weighted by atomic mass is 35.5. The fourth-order valence-corrected chi connectivity index (χ4v) is 1.20. The Hall–Kier alpha value is -0.600. The van der Waals surface area contributed by atoms with Crippen LogP contribution in [0.1, 0.15) is 18.4 Å². The van der Waals surface area contributed by atoms with E-state index in [1.54, 1.807) is 6.07 Å². The van der Waals surface area contributed by atoms with Gasteiger partial charge in [-0.1, -0.05) is 18.5 Å². The Kier molecular flexibility index (Phi) is 3.06. The Bertz CT molecular complexity index is 255. The van der Waals surface area contributed by atoms with E-state index in [-0.39, 0.29) is 18.3 Å². The third-order valence-corrected chi connectivity index (χ3v) is 1.95. The van der Waals surface area contributed by atoms with E-state index in [9.17, 15) is 4.39 Å². The number of aliphatic hydroxyl groups excluding tert-OH is 1. The third kappa shape index (κ3) is 2.19. The molecule has 1 nitrogen and oxygen atoms in total. The van der Waals surface area contributed by atoms with Crippen molar-refractivity contribution in [2.75, 3.05) is 6.61 Å². The second kappa shape index (κ2) is 3.87. The molecule has 1 aromatic carbocycles. The van der Waals surface area contributed by atoms with E-state index in [0.717, 1.165) is 5.56 Å². The van der Waals surface area contributed by atoms with Crippen LogP contribution in [0.5, 0.6) is 0 Å². The second-order valence-corrected chi connectivity index (χ2v) is 3.22. The number of hydrogen-bond acceptors (Lipinski definition) is 1. The summed E-state index contributed by atoms with van der Waals surface area (Å²) in [6, 6.07) is 4.29. The van der Waals surface area contributed by atoms with Gasteiger partial charge in [-0.15, -0.1) is 0 Å². The molecule has 0 aliphatic carbocycles. The first-order valence-corrected chi connectivity index (χ1v) is 4.08. The van der Waals surface area contributed by atoms with E-state index < -0.39 is 0 Å². The van der Waals surface area contributed by atoms with Crippen LogP contribution < -0.4 is 0 Å². The highest BCUT2D eigenvalue weighted by Gasteiger charge is 2.06. The van der Waals surface area contributed by atoms with E-state index in [1.807, 2.05) is 6.92 Å². The van der Waals surface area contributed by atoms with Crippen LogP contribution in [0.4, 0.5) is 4.39 Å². The van der Waals surface area contributed by atoms with E-state index >= 15 is 0 Å². The quantitative estimate of drug-likeness (QED) is 0.757. The maximum absolute atomic E-state index is 12.8. The summed E-state index contributed by atoms with van der Waals surface area (Å²) >= 11 is 5.63. The molecule has 0 heterocycles. The standard InChI is InChI=1S/C9H10ClFO/c1-6(5-12)7-2-8(10)4-9(11)3-7/h2-4,6,12H,5H2,1H3/t6-/m1/s1. The van der Waals surface area contributed by atoms with Crippen LogP contribution in [0, 0.1) is 5.82 Å². The molecule has 0 aromatic heterocycles. The first-order valence-electron chi connectivity index (χ1n) is 3.70. The van der Waals surface area contributed by atoms with Gasteiger partial charge in [0.25, 0.3) is 0 Å². The van der Waals surface area contributed by atoms with E-state index in [0.29, 0.717) is 5.02 Å². The Balaban J connectivity index is 3.00. The van der Waals surface area contributed by atoms with Crippen molar-refractivity contribution in [2.24, 2.45) is 0 Å². The summed E-state index contributed by atoms with van der Waals surface area (Å²) in [4.78, 5) is 0. The van der Waals surface area contributed by atoms with Crippen molar-refractivity contribution in [2.45, 2.75) is 12.8 Å². The number of rotatable bonds is 2. The molecule has 0 bridgehead atoms. The van der Waals surface area contributed by atoms with Crippen LogP contribution in [0.3, 0.4) is 0 Å². The lowest BCUT2D eigenvalue weighted by Crippen LogP contribution is -1.99. The van der Waals surface area contributed by atoms with Crippen molar-refractivity contribution in [1.82, 2.24) is 0 Å². The average molecular weight is 189 g/mol. The second-order valence-electron chi connectivity index (χ2n) is 2.79. The summed E-state index contributed by atoms with van der Waals surface area (Å²) in [6.07, 6.45) is 0. The summed E-state index contributed by atoms with van der Waals surface area (Å²) in [6.45, 7) is 1.81. The lowest BCUT2D eigenvalue weighted by atomic mass is 10.0. The van der Waals surface area contributed by atoms with Crippen molar-refractivity contribution >= 4 is 11.6 Å².